The molecule has 8 heteroatoms. The molecule has 1 heterocycles. The third kappa shape index (κ3) is 6.16. The van der Waals surface area contributed by atoms with Gasteiger partial charge in [0.2, 0.25) is 0 Å². The van der Waals surface area contributed by atoms with Gasteiger partial charge in [0.05, 0.1) is 6.61 Å². The number of hydrogen-bond donors (Lipinski definition) is 1. The van der Waals surface area contributed by atoms with Crippen molar-refractivity contribution in [3.8, 4) is 0 Å². The van der Waals surface area contributed by atoms with Gasteiger partial charge in [-0.05, 0) is 93.6 Å². The second kappa shape index (κ2) is 11.8. The topological polar surface area (TPSA) is 49.8 Å². The Balaban J connectivity index is 1.67. The molecule has 1 saturated heterocycles. The second-order valence-electron chi connectivity index (χ2n) is 8.76. The number of esters is 1. The van der Waals surface area contributed by atoms with Gasteiger partial charge in [0.15, 0.2) is 23.3 Å². The molecule has 186 valence electrons. The van der Waals surface area contributed by atoms with Crippen LogP contribution >= 0.6 is 0 Å². The van der Waals surface area contributed by atoms with Crippen LogP contribution in [0.4, 0.5) is 17.6 Å². The maximum Gasteiger partial charge on any atom is 0.305 e. The fourth-order valence-corrected chi connectivity index (χ4v) is 4.69. The van der Waals surface area contributed by atoms with E-state index < -0.39 is 34.8 Å². The minimum absolute atomic E-state index is 0.106. The third-order valence-electron chi connectivity index (χ3n) is 6.56. The molecule has 1 aliphatic heterocycles. The van der Waals surface area contributed by atoms with Crippen LogP contribution in [0.2, 0.25) is 0 Å². The van der Waals surface area contributed by atoms with Crippen LogP contribution in [-0.4, -0.2) is 42.2 Å². The molecule has 1 aliphatic rings. The monoisotopic (exact) mass is 481 g/mol. The van der Waals surface area contributed by atoms with Crippen molar-refractivity contribution in [2.45, 2.75) is 51.0 Å². The van der Waals surface area contributed by atoms with E-state index in [1.165, 1.54) is 12.1 Å². The predicted molar refractivity (Wildman–Crippen MR) is 120 cm³/mol. The van der Waals surface area contributed by atoms with Gasteiger partial charge in [0, 0.05) is 6.42 Å². The van der Waals surface area contributed by atoms with E-state index >= 15 is 0 Å². The van der Waals surface area contributed by atoms with Crippen LogP contribution < -0.4 is 0 Å². The van der Waals surface area contributed by atoms with Crippen LogP contribution in [0.3, 0.4) is 0 Å². The van der Waals surface area contributed by atoms with Crippen LogP contribution in [0.25, 0.3) is 0 Å². The van der Waals surface area contributed by atoms with E-state index in [1.807, 2.05) is 0 Å². The van der Waals surface area contributed by atoms with E-state index in [-0.39, 0.29) is 17.1 Å². The van der Waals surface area contributed by atoms with E-state index in [4.69, 9.17) is 4.74 Å². The SMILES string of the molecule is CCOC(=O)CCCCCN1CCC(C(O)(c2ccc(F)c(F)c2)c2ccc(F)c(F)c2)CC1. The lowest BCUT2D eigenvalue weighted by Crippen LogP contribution is -2.44. The molecule has 4 nitrogen and oxygen atoms in total. The minimum atomic E-state index is -1.80. The summed E-state index contributed by atoms with van der Waals surface area (Å²) in [5.41, 5.74) is -1.58. The standard InChI is InChI=1S/C26H31F4NO3/c1-2-34-25(32)6-4-3-5-13-31-14-11-18(12-15-31)26(33,19-7-9-21(27)23(29)16-19)20-8-10-22(28)24(30)17-20/h7-10,16-18,33H,2-6,11-15H2,1H3. The Morgan fingerprint density at radius 2 is 1.50 bits per heavy atom. The van der Waals surface area contributed by atoms with Gasteiger partial charge in [-0.15, -0.1) is 0 Å². The number of likely N-dealkylation sites (tertiary alicyclic amines) is 1. The molecule has 0 saturated carbocycles. The zero-order chi connectivity index (χ0) is 24.7. The Morgan fingerprint density at radius 1 is 0.941 bits per heavy atom. The predicted octanol–water partition coefficient (Wildman–Crippen LogP) is 5.31. The lowest BCUT2D eigenvalue weighted by atomic mass is 9.72. The molecule has 3 rings (SSSR count). The molecule has 0 radical (unpaired) electrons. The Kier molecular flexibility index (Phi) is 9.08. The minimum Gasteiger partial charge on any atom is -0.466 e. The number of rotatable bonds is 10. The number of hydrogen-bond acceptors (Lipinski definition) is 4. The molecule has 2 aromatic carbocycles. The summed E-state index contributed by atoms with van der Waals surface area (Å²) in [4.78, 5) is 13.7. The summed E-state index contributed by atoms with van der Waals surface area (Å²) in [5, 5.41) is 11.8. The van der Waals surface area contributed by atoms with Gasteiger partial charge in [-0.1, -0.05) is 18.6 Å². The number of piperidine rings is 1. The zero-order valence-corrected chi connectivity index (χ0v) is 19.3. The first kappa shape index (κ1) is 26.2. The zero-order valence-electron chi connectivity index (χ0n) is 19.3. The average molecular weight is 482 g/mol. The summed E-state index contributed by atoms with van der Waals surface area (Å²) in [6.45, 7) is 4.33. The fraction of sp³-hybridized carbons (Fsp3) is 0.500. The van der Waals surface area contributed by atoms with Crippen molar-refractivity contribution in [3.63, 3.8) is 0 Å². The van der Waals surface area contributed by atoms with E-state index in [9.17, 15) is 27.5 Å². The first-order chi connectivity index (χ1) is 16.3. The van der Waals surface area contributed by atoms with E-state index in [0.29, 0.717) is 39.0 Å². The summed E-state index contributed by atoms with van der Waals surface area (Å²) in [6, 6.07) is 6.28. The second-order valence-corrected chi connectivity index (χ2v) is 8.76. The van der Waals surface area contributed by atoms with Crippen molar-refractivity contribution in [1.82, 2.24) is 4.90 Å². The molecular weight excluding hydrogens is 450 g/mol. The van der Waals surface area contributed by atoms with Crippen molar-refractivity contribution in [2.24, 2.45) is 5.92 Å². The fourth-order valence-electron chi connectivity index (χ4n) is 4.69. The molecular formula is C26H31F4NO3. The molecule has 0 amide bonds. The third-order valence-corrected chi connectivity index (χ3v) is 6.56. The van der Waals surface area contributed by atoms with E-state index in [2.05, 4.69) is 4.90 Å². The number of nitrogens with zero attached hydrogens (tertiary/aromatic N) is 1. The van der Waals surface area contributed by atoms with Crippen molar-refractivity contribution < 1.29 is 32.2 Å². The highest BCUT2D eigenvalue weighted by atomic mass is 19.2. The molecule has 0 spiro atoms. The van der Waals surface area contributed by atoms with Crippen molar-refractivity contribution in [1.29, 1.82) is 0 Å². The smallest absolute Gasteiger partial charge is 0.305 e. The van der Waals surface area contributed by atoms with Crippen molar-refractivity contribution in [2.75, 3.05) is 26.2 Å². The number of halogens is 4. The number of carbonyl (C=O) groups excluding carboxylic acids is 1. The van der Waals surface area contributed by atoms with Crippen LogP contribution in [0.5, 0.6) is 0 Å². The summed E-state index contributed by atoms with van der Waals surface area (Å²) in [6.07, 6.45) is 4.06. The highest BCUT2D eigenvalue weighted by Gasteiger charge is 2.42. The van der Waals surface area contributed by atoms with Gasteiger partial charge in [0.25, 0.3) is 0 Å². The van der Waals surface area contributed by atoms with Gasteiger partial charge in [-0.2, -0.15) is 0 Å². The number of unbranched alkanes of at least 4 members (excludes halogenated alkanes) is 2. The first-order valence-electron chi connectivity index (χ1n) is 11.8. The van der Waals surface area contributed by atoms with Gasteiger partial charge in [0.1, 0.15) is 5.60 Å². The normalized spacial score (nSPS) is 15.5. The lowest BCUT2D eigenvalue weighted by molar-refractivity contribution is -0.143. The maximum atomic E-state index is 14.0. The average Bonchev–Trinajstić information content (AvgIpc) is 2.82. The summed E-state index contributed by atoms with van der Waals surface area (Å²) in [7, 11) is 0. The molecule has 0 unspecified atom stereocenters. The van der Waals surface area contributed by atoms with Gasteiger partial charge in [-0.25, -0.2) is 17.6 Å². The molecule has 0 atom stereocenters. The Labute approximate surface area is 197 Å². The summed E-state index contributed by atoms with van der Waals surface area (Å²) in [5.74, 6) is -4.90. The quantitative estimate of drug-likeness (QED) is 0.284. The van der Waals surface area contributed by atoms with E-state index in [1.54, 1.807) is 6.92 Å². The molecule has 0 aliphatic carbocycles. The highest BCUT2D eigenvalue weighted by molar-refractivity contribution is 5.69. The van der Waals surface area contributed by atoms with Gasteiger partial charge >= 0.3 is 5.97 Å². The number of benzene rings is 2. The van der Waals surface area contributed by atoms with Crippen molar-refractivity contribution in [3.05, 3.63) is 70.8 Å². The number of ether oxygens (including phenoxy) is 1. The van der Waals surface area contributed by atoms with Gasteiger partial charge < -0.3 is 14.7 Å². The molecule has 0 aromatic heterocycles. The van der Waals surface area contributed by atoms with Crippen molar-refractivity contribution >= 4 is 5.97 Å². The van der Waals surface area contributed by atoms with Gasteiger partial charge in [-0.3, -0.25) is 4.79 Å². The molecule has 34 heavy (non-hydrogen) atoms. The Bertz CT molecular complexity index is 925. The van der Waals surface area contributed by atoms with Crippen LogP contribution in [0.15, 0.2) is 36.4 Å². The maximum absolute atomic E-state index is 14.0. The number of carbonyl (C=O) groups is 1. The Hall–Kier alpha value is -2.45. The number of aliphatic hydroxyl groups is 1. The molecule has 0 bridgehead atoms. The van der Waals surface area contributed by atoms with Crippen LogP contribution in [0, 0.1) is 29.2 Å². The van der Waals surface area contributed by atoms with E-state index in [0.717, 1.165) is 50.1 Å². The lowest BCUT2D eigenvalue weighted by Gasteiger charge is -2.42. The molecule has 1 fully saturated rings. The summed E-state index contributed by atoms with van der Waals surface area (Å²) >= 11 is 0. The van der Waals surface area contributed by atoms with Crippen LogP contribution in [-0.2, 0) is 15.1 Å². The first-order valence-corrected chi connectivity index (χ1v) is 11.8. The Morgan fingerprint density at radius 3 is 2.00 bits per heavy atom. The largest absolute Gasteiger partial charge is 0.466 e. The molecule has 2 aromatic rings. The highest BCUT2D eigenvalue weighted by Crippen LogP contribution is 2.42. The summed E-state index contributed by atoms with van der Waals surface area (Å²) < 4.78 is 60.1. The molecule has 1 N–H and O–H groups in total. The van der Waals surface area contributed by atoms with Crippen LogP contribution in [0.1, 0.15) is 56.6 Å².